The summed E-state index contributed by atoms with van der Waals surface area (Å²) in [5, 5.41) is 4.99. The van der Waals surface area contributed by atoms with E-state index < -0.39 is 0 Å². The van der Waals surface area contributed by atoms with Crippen molar-refractivity contribution in [2.24, 2.45) is 23.7 Å². The first kappa shape index (κ1) is 15.5. The van der Waals surface area contributed by atoms with Crippen LogP contribution in [-0.2, 0) is 9.59 Å². The number of hydrogen-bond acceptors (Lipinski definition) is 5. The number of nitrogens with one attached hydrogen (secondary N) is 1. The van der Waals surface area contributed by atoms with Crippen molar-refractivity contribution in [1.82, 2.24) is 4.98 Å². The lowest BCUT2D eigenvalue weighted by Gasteiger charge is -2.18. The topological polar surface area (TPSA) is 79.4 Å². The second kappa shape index (κ2) is 5.60. The molecule has 1 saturated carbocycles. The first-order valence-corrected chi connectivity index (χ1v) is 9.38. The molecular formula is C19H15N3O3S. The highest BCUT2D eigenvalue weighted by atomic mass is 32.1. The second-order valence-electron chi connectivity index (χ2n) is 6.85. The van der Waals surface area contributed by atoms with Gasteiger partial charge in [-0.15, -0.1) is 11.3 Å². The SMILES string of the molecule is O=C(Nc1nccs1)c1cccc(N2C(=O)[C@@H]3[C@H](C2=O)[C@@H]2C=C[C@H]3C2)c1. The van der Waals surface area contributed by atoms with Crippen LogP contribution >= 0.6 is 11.3 Å². The van der Waals surface area contributed by atoms with E-state index in [1.54, 1.807) is 35.8 Å². The molecule has 1 aromatic carbocycles. The number of rotatable bonds is 3. The number of anilines is 2. The summed E-state index contributed by atoms with van der Waals surface area (Å²) in [6.07, 6.45) is 6.65. The lowest BCUT2D eigenvalue weighted by atomic mass is 9.85. The average molecular weight is 365 g/mol. The van der Waals surface area contributed by atoms with Gasteiger partial charge >= 0.3 is 0 Å². The predicted molar refractivity (Wildman–Crippen MR) is 96.7 cm³/mol. The molecule has 130 valence electrons. The molecule has 26 heavy (non-hydrogen) atoms. The number of aromatic nitrogens is 1. The standard InChI is InChI=1S/C19H15N3O3S/c23-16(21-19-20-6-7-26-19)12-2-1-3-13(9-12)22-17(24)14-10-4-5-11(8-10)15(14)18(22)25/h1-7,9-11,14-15H,8H2,(H,20,21,23)/t10-,11+,14-,15+. The highest BCUT2D eigenvalue weighted by Gasteiger charge is 2.59. The third-order valence-electron chi connectivity index (χ3n) is 5.49. The van der Waals surface area contributed by atoms with Crippen LogP contribution in [0.15, 0.2) is 48.0 Å². The quantitative estimate of drug-likeness (QED) is 0.670. The minimum atomic E-state index is -0.317. The van der Waals surface area contributed by atoms with Gasteiger partial charge in [0.15, 0.2) is 5.13 Å². The lowest BCUT2D eigenvalue weighted by molar-refractivity contribution is -0.123. The van der Waals surface area contributed by atoms with E-state index in [9.17, 15) is 14.4 Å². The number of fused-ring (bicyclic) bond motifs is 5. The number of imide groups is 1. The first-order chi connectivity index (χ1) is 12.6. The van der Waals surface area contributed by atoms with Crippen LogP contribution in [0.1, 0.15) is 16.8 Å². The van der Waals surface area contributed by atoms with Gasteiger partial charge < -0.3 is 0 Å². The molecule has 2 bridgehead atoms. The number of carbonyl (C=O) groups is 3. The summed E-state index contributed by atoms with van der Waals surface area (Å²) in [7, 11) is 0. The maximum absolute atomic E-state index is 12.9. The Morgan fingerprint density at radius 2 is 1.88 bits per heavy atom. The molecule has 7 heteroatoms. The molecule has 0 radical (unpaired) electrons. The molecule has 2 aromatic rings. The summed E-state index contributed by atoms with van der Waals surface area (Å²) in [4.78, 5) is 43.5. The molecular weight excluding hydrogens is 350 g/mol. The number of nitrogens with zero attached hydrogens (tertiary/aromatic N) is 2. The summed E-state index contributed by atoms with van der Waals surface area (Å²) < 4.78 is 0. The van der Waals surface area contributed by atoms with Crippen LogP contribution in [-0.4, -0.2) is 22.7 Å². The van der Waals surface area contributed by atoms with Crippen LogP contribution in [0.25, 0.3) is 0 Å². The van der Waals surface area contributed by atoms with Crippen molar-refractivity contribution in [3.63, 3.8) is 0 Å². The molecule has 1 N–H and O–H groups in total. The van der Waals surface area contributed by atoms with Crippen molar-refractivity contribution < 1.29 is 14.4 Å². The maximum Gasteiger partial charge on any atom is 0.257 e. The van der Waals surface area contributed by atoms with E-state index in [4.69, 9.17) is 0 Å². The molecule has 2 fully saturated rings. The summed E-state index contributed by atoms with van der Waals surface area (Å²) in [6.45, 7) is 0. The third kappa shape index (κ3) is 2.17. The van der Waals surface area contributed by atoms with Crippen LogP contribution in [0.5, 0.6) is 0 Å². The number of thiazole rings is 1. The van der Waals surface area contributed by atoms with Gasteiger partial charge in [-0.25, -0.2) is 9.88 Å². The van der Waals surface area contributed by atoms with Gasteiger partial charge in [-0.1, -0.05) is 18.2 Å². The van der Waals surface area contributed by atoms with Gasteiger partial charge in [0.1, 0.15) is 0 Å². The van der Waals surface area contributed by atoms with Crippen molar-refractivity contribution in [1.29, 1.82) is 0 Å². The largest absolute Gasteiger partial charge is 0.298 e. The molecule has 1 saturated heterocycles. The average Bonchev–Trinajstić information content (AvgIpc) is 3.41. The number of hydrogen-bond donors (Lipinski definition) is 1. The Hall–Kier alpha value is -2.80. The van der Waals surface area contributed by atoms with Crippen LogP contribution in [0, 0.1) is 23.7 Å². The molecule has 2 heterocycles. The van der Waals surface area contributed by atoms with E-state index >= 15 is 0 Å². The van der Waals surface area contributed by atoms with Crippen LogP contribution in [0.4, 0.5) is 10.8 Å². The molecule has 1 aliphatic heterocycles. The third-order valence-corrected chi connectivity index (χ3v) is 6.18. The smallest absolute Gasteiger partial charge is 0.257 e. The van der Waals surface area contributed by atoms with Crippen molar-refractivity contribution in [3.8, 4) is 0 Å². The van der Waals surface area contributed by atoms with Crippen molar-refractivity contribution >= 4 is 39.9 Å². The Morgan fingerprint density at radius 3 is 2.54 bits per heavy atom. The van der Waals surface area contributed by atoms with Gasteiger partial charge in [-0.2, -0.15) is 0 Å². The molecule has 6 nitrogen and oxygen atoms in total. The van der Waals surface area contributed by atoms with Crippen molar-refractivity contribution in [2.45, 2.75) is 6.42 Å². The van der Waals surface area contributed by atoms with E-state index in [1.807, 2.05) is 0 Å². The van der Waals surface area contributed by atoms with Gasteiger partial charge in [0.05, 0.1) is 17.5 Å². The Labute approximate surface area is 153 Å². The summed E-state index contributed by atoms with van der Waals surface area (Å²) in [5.41, 5.74) is 0.844. The Morgan fingerprint density at radius 1 is 1.15 bits per heavy atom. The lowest BCUT2D eigenvalue weighted by Crippen LogP contribution is -2.33. The van der Waals surface area contributed by atoms with Crippen LogP contribution < -0.4 is 10.2 Å². The monoisotopic (exact) mass is 365 g/mol. The van der Waals surface area contributed by atoms with E-state index in [0.717, 1.165) is 6.42 Å². The van der Waals surface area contributed by atoms with Gasteiger partial charge in [-0.05, 0) is 36.5 Å². The highest BCUT2D eigenvalue weighted by molar-refractivity contribution is 7.13. The number of benzene rings is 1. The second-order valence-corrected chi connectivity index (χ2v) is 7.75. The van der Waals surface area contributed by atoms with Crippen molar-refractivity contribution in [2.75, 3.05) is 10.2 Å². The minimum absolute atomic E-state index is 0.144. The minimum Gasteiger partial charge on any atom is -0.298 e. The zero-order valence-corrected chi connectivity index (χ0v) is 14.5. The highest BCUT2D eigenvalue weighted by Crippen LogP contribution is 2.53. The predicted octanol–water partition coefficient (Wildman–Crippen LogP) is 2.71. The molecule has 5 rings (SSSR count). The van der Waals surface area contributed by atoms with E-state index in [-0.39, 0.29) is 41.4 Å². The summed E-state index contributed by atoms with van der Waals surface area (Å²) in [5.74, 6) is -0.757. The molecule has 1 aromatic heterocycles. The molecule has 4 atom stereocenters. The first-order valence-electron chi connectivity index (χ1n) is 8.50. The molecule has 0 unspecified atom stereocenters. The number of carbonyl (C=O) groups excluding carboxylic acids is 3. The van der Waals surface area contributed by atoms with Gasteiger partial charge in [0.2, 0.25) is 11.8 Å². The normalized spacial score (nSPS) is 28.7. The van der Waals surface area contributed by atoms with Gasteiger partial charge in [-0.3, -0.25) is 19.7 Å². The molecule has 2 aliphatic carbocycles. The van der Waals surface area contributed by atoms with Crippen molar-refractivity contribution in [3.05, 3.63) is 53.6 Å². The molecule has 3 amide bonds. The summed E-state index contributed by atoms with van der Waals surface area (Å²) >= 11 is 1.33. The Bertz CT molecular complexity index is 923. The molecule has 3 aliphatic rings. The summed E-state index contributed by atoms with van der Waals surface area (Å²) in [6, 6.07) is 6.64. The fraction of sp³-hybridized carbons (Fsp3) is 0.263. The van der Waals surface area contributed by atoms with Crippen LogP contribution in [0.2, 0.25) is 0 Å². The number of allylic oxidation sites excluding steroid dienone is 2. The van der Waals surface area contributed by atoms with Crippen LogP contribution in [0.3, 0.4) is 0 Å². The zero-order chi connectivity index (χ0) is 17.8. The fourth-order valence-electron chi connectivity index (χ4n) is 4.40. The van der Waals surface area contributed by atoms with Gasteiger partial charge in [0, 0.05) is 17.1 Å². The maximum atomic E-state index is 12.9. The zero-order valence-electron chi connectivity index (χ0n) is 13.7. The number of amides is 3. The van der Waals surface area contributed by atoms with E-state index in [0.29, 0.717) is 16.4 Å². The Kier molecular flexibility index (Phi) is 3.33. The Balaban J connectivity index is 1.43. The fourth-order valence-corrected chi connectivity index (χ4v) is 4.92. The van der Waals surface area contributed by atoms with Gasteiger partial charge in [0.25, 0.3) is 5.91 Å². The van der Waals surface area contributed by atoms with E-state index in [2.05, 4.69) is 22.5 Å². The molecule has 0 spiro atoms. The van der Waals surface area contributed by atoms with E-state index in [1.165, 1.54) is 16.2 Å².